The molecule has 4 aromatic rings. The van der Waals surface area contributed by atoms with Gasteiger partial charge in [-0.05, 0) is 48.0 Å². The van der Waals surface area contributed by atoms with E-state index in [2.05, 4.69) is 14.4 Å². The summed E-state index contributed by atoms with van der Waals surface area (Å²) in [6, 6.07) is 25.2. The molecule has 250 valence electrons. The largest absolute Gasteiger partial charge is 0.496 e. The number of carbonyl (C=O) groups excluding carboxylic acids is 2. The van der Waals surface area contributed by atoms with Crippen LogP contribution in [0.5, 0.6) is 11.5 Å². The summed E-state index contributed by atoms with van der Waals surface area (Å²) in [7, 11) is 3.25. The van der Waals surface area contributed by atoms with Gasteiger partial charge in [-0.25, -0.2) is 0 Å². The molecule has 0 saturated carbocycles. The number of ether oxygens (including phenoxy) is 3. The molecule has 3 aliphatic heterocycles. The number of para-hydroxylation sites is 2. The van der Waals surface area contributed by atoms with Crippen LogP contribution in [0.3, 0.4) is 0 Å². The summed E-state index contributed by atoms with van der Waals surface area (Å²) in [5.41, 5.74) is 5.66. The molecule has 0 spiro atoms. The van der Waals surface area contributed by atoms with E-state index >= 15 is 0 Å². The number of piperazine rings is 1. The SMILES string of the molecule is COc1ccccc1-c1ccc(C(=O)N2Cc3ccc(C(=O)N4CCN(CCN5CCOCC5)CC4)n3Cc3ccccc32)cc1OC. The predicted octanol–water partition coefficient (Wildman–Crippen LogP) is 4.47. The maximum atomic E-state index is 14.3. The van der Waals surface area contributed by atoms with E-state index in [1.165, 1.54) is 0 Å². The fourth-order valence-electron chi connectivity index (χ4n) is 7.04. The quantitative estimate of drug-likeness (QED) is 0.279. The first-order valence-electron chi connectivity index (χ1n) is 16.8. The van der Waals surface area contributed by atoms with E-state index < -0.39 is 0 Å². The van der Waals surface area contributed by atoms with Crippen molar-refractivity contribution in [3.8, 4) is 22.6 Å². The van der Waals surface area contributed by atoms with E-state index in [9.17, 15) is 9.59 Å². The first-order valence-corrected chi connectivity index (χ1v) is 16.8. The van der Waals surface area contributed by atoms with Gasteiger partial charge >= 0.3 is 0 Å². The van der Waals surface area contributed by atoms with Crippen LogP contribution >= 0.6 is 0 Å². The molecule has 48 heavy (non-hydrogen) atoms. The number of hydrogen-bond donors (Lipinski definition) is 0. The Bertz CT molecular complexity index is 1770. The fraction of sp³-hybridized carbons (Fsp3) is 0.368. The Kier molecular flexibility index (Phi) is 9.47. The van der Waals surface area contributed by atoms with Crippen LogP contribution in [0.4, 0.5) is 5.69 Å². The van der Waals surface area contributed by atoms with Crippen LogP contribution < -0.4 is 14.4 Å². The standard InChI is InChI=1S/C38H43N5O5/c1-46-35-10-6-4-8-31(35)32-13-11-28(25-36(32)47-2)37(44)43-27-30-12-14-34(42(30)26-29-7-3-5-9-33(29)43)38(45)41-19-17-39(18-20-41)15-16-40-21-23-48-24-22-40/h3-14,25H,15-24,26-27H2,1-2H3. The molecule has 0 aliphatic carbocycles. The number of rotatable bonds is 8. The molecular formula is C38H43N5O5. The summed E-state index contributed by atoms with van der Waals surface area (Å²) in [6.07, 6.45) is 0. The van der Waals surface area contributed by atoms with Gasteiger partial charge in [0.1, 0.15) is 17.2 Å². The van der Waals surface area contributed by atoms with Crippen molar-refractivity contribution in [1.29, 1.82) is 0 Å². The third-order valence-electron chi connectivity index (χ3n) is 9.81. The molecule has 3 aromatic carbocycles. The molecule has 1 aromatic heterocycles. The van der Waals surface area contributed by atoms with E-state index in [1.807, 2.05) is 82.6 Å². The van der Waals surface area contributed by atoms with Gasteiger partial charge in [-0.15, -0.1) is 0 Å². The van der Waals surface area contributed by atoms with Gasteiger partial charge in [0.25, 0.3) is 11.8 Å². The molecule has 0 radical (unpaired) electrons. The monoisotopic (exact) mass is 649 g/mol. The number of aromatic nitrogens is 1. The molecule has 3 aliphatic rings. The highest BCUT2D eigenvalue weighted by atomic mass is 16.5. The maximum Gasteiger partial charge on any atom is 0.270 e. The molecule has 2 fully saturated rings. The Labute approximate surface area is 282 Å². The molecule has 0 N–H and O–H groups in total. The fourth-order valence-corrected chi connectivity index (χ4v) is 7.04. The van der Waals surface area contributed by atoms with Crippen molar-refractivity contribution in [3.63, 3.8) is 0 Å². The Morgan fingerprint density at radius 3 is 2.15 bits per heavy atom. The second kappa shape index (κ2) is 14.2. The van der Waals surface area contributed by atoms with Crippen LogP contribution in [0.1, 0.15) is 32.1 Å². The van der Waals surface area contributed by atoms with E-state index in [-0.39, 0.29) is 11.8 Å². The molecule has 4 heterocycles. The Balaban J connectivity index is 1.09. The van der Waals surface area contributed by atoms with Crippen molar-refractivity contribution in [2.45, 2.75) is 13.1 Å². The molecule has 10 nitrogen and oxygen atoms in total. The Morgan fingerprint density at radius 2 is 1.38 bits per heavy atom. The molecule has 10 heteroatoms. The number of hydrogen-bond acceptors (Lipinski definition) is 7. The summed E-state index contributed by atoms with van der Waals surface area (Å²) in [5, 5.41) is 0. The number of morpholine rings is 1. The number of carbonyl (C=O) groups is 2. The lowest BCUT2D eigenvalue weighted by Gasteiger charge is -2.36. The zero-order chi connectivity index (χ0) is 33.0. The van der Waals surface area contributed by atoms with Gasteiger partial charge in [-0.2, -0.15) is 0 Å². The minimum atomic E-state index is -0.136. The molecular weight excluding hydrogens is 606 g/mol. The summed E-state index contributed by atoms with van der Waals surface area (Å²) in [5.74, 6) is 1.23. The predicted molar refractivity (Wildman–Crippen MR) is 185 cm³/mol. The maximum absolute atomic E-state index is 14.3. The summed E-state index contributed by atoms with van der Waals surface area (Å²) in [6.45, 7) is 9.67. The highest BCUT2D eigenvalue weighted by Gasteiger charge is 2.30. The highest BCUT2D eigenvalue weighted by molar-refractivity contribution is 6.07. The minimum absolute atomic E-state index is 0.0444. The highest BCUT2D eigenvalue weighted by Crippen LogP contribution is 2.38. The lowest BCUT2D eigenvalue weighted by Crippen LogP contribution is -2.51. The van der Waals surface area contributed by atoms with Gasteiger partial charge in [0.15, 0.2) is 0 Å². The second-order valence-corrected chi connectivity index (χ2v) is 12.5. The summed E-state index contributed by atoms with van der Waals surface area (Å²) in [4.78, 5) is 36.9. The average Bonchev–Trinajstić information content (AvgIpc) is 3.46. The van der Waals surface area contributed by atoms with Crippen LogP contribution in [0.2, 0.25) is 0 Å². The topological polar surface area (TPSA) is 79.7 Å². The van der Waals surface area contributed by atoms with Crippen molar-refractivity contribution < 1.29 is 23.8 Å². The number of fused-ring (bicyclic) bond motifs is 2. The zero-order valence-corrected chi connectivity index (χ0v) is 27.8. The molecule has 0 unspecified atom stereocenters. The number of nitrogens with zero attached hydrogens (tertiary/aromatic N) is 5. The molecule has 0 bridgehead atoms. The first-order chi connectivity index (χ1) is 23.5. The zero-order valence-electron chi connectivity index (χ0n) is 27.8. The molecule has 2 saturated heterocycles. The summed E-state index contributed by atoms with van der Waals surface area (Å²) < 4.78 is 18.9. The summed E-state index contributed by atoms with van der Waals surface area (Å²) >= 11 is 0. The Hall–Kier alpha value is -4.64. The minimum Gasteiger partial charge on any atom is -0.496 e. The van der Waals surface area contributed by atoms with Crippen LogP contribution in [-0.2, 0) is 17.8 Å². The first kappa shape index (κ1) is 31.9. The van der Waals surface area contributed by atoms with Crippen LogP contribution in [0.15, 0.2) is 78.9 Å². The van der Waals surface area contributed by atoms with Crippen molar-refractivity contribution in [2.75, 3.05) is 84.7 Å². The van der Waals surface area contributed by atoms with E-state index in [4.69, 9.17) is 14.2 Å². The van der Waals surface area contributed by atoms with Crippen LogP contribution in [0.25, 0.3) is 11.1 Å². The molecule has 2 amide bonds. The van der Waals surface area contributed by atoms with Crippen molar-refractivity contribution in [2.24, 2.45) is 0 Å². The Morgan fingerprint density at radius 1 is 0.688 bits per heavy atom. The number of benzene rings is 3. The third kappa shape index (κ3) is 6.43. The smallest absolute Gasteiger partial charge is 0.270 e. The van der Waals surface area contributed by atoms with E-state index in [1.54, 1.807) is 20.3 Å². The van der Waals surface area contributed by atoms with Gasteiger partial charge in [-0.3, -0.25) is 19.4 Å². The second-order valence-electron chi connectivity index (χ2n) is 12.5. The van der Waals surface area contributed by atoms with Gasteiger partial charge in [0, 0.05) is 80.4 Å². The molecule has 0 atom stereocenters. The lowest BCUT2D eigenvalue weighted by molar-refractivity contribution is 0.0292. The van der Waals surface area contributed by atoms with Gasteiger partial charge in [0.2, 0.25) is 0 Å². The number of anilines is 1. The van der Waals surface area contributed by atoms with Gasteiger partial charge in [0.05, 0.1) is 40.5 Å². The van der Waals surface area contributed by atoms with Gasteiger partial charge < -0.3 is 28.6 Å². The number of amides is 2. The number of methoxy groups -OCH3 is 2. The van der Waals surface area contributed by atoms with E-state index in [0.29, 0.717) is 43.2 Å². The lowest BCUT2D eigenvalue weighted by atomic mass is 10.0. The molecule has 7 rings (SSSR count). The van der Waals surface area contributed by atoms with Crippen molar-refractivity contribution in [3.05, 3.63) is 101 Å². The van der Waals surface area contributed by atoms with Gasteiger partial charge in [-0.1, -0.05) is 36.4 Å². The van der Waals surface area contributed by atoms with Crippen LogP contribution in [0, 0.1) is 0 Å². The normalized spacial score (nSPS) is 17.0. The van der Waals surface area contributed by atoms with Crippen molar-refractivity contribution >= 4 is 17.5 Å². The van der Waals surface area contributed by atoms with Crippen LogP contribution in [-0.4, -0.2) is 111 Å². The third-order valence-corrected chi connectivity index (χ3v) is 9.81. The van der Waals surface area contributed by atoms with E-state index in [0.717, 1.165) is 86.3 Å². The average molecular weight is 650 g/mol. The van der Waals surface area contributed by atoms with Crippen molar-refractivity contribution in [1.82, 2.24) is 19.3 Å².